The van der Waals surface area contributed by atoms with Gasteiger partial charge < -0.3 is 9.47 Å². The zero-order valence-corrected chi connectivity index (χ0v) is 23.8. The number of halogens is 6. The fourth-order valence-electron chi connectivity index (χ4n) is 5.68. The number of alkyl halides is 6. The Morgan fingerprint density at radius 1 is 0.708 bits per heavy atom. The topological polar surface area (TPSA) is 103 Å². The van der Waals surface area contributed by atoms with Gasteiger partial charge >= 0.3 is 12.7 Å². The molecule has 0 N–H and O–H groups in total. The molecule has 232 valence electrons. The summed E-state index contributed by atoms with van der Waals surface area (Å²) >= 11 is 0. The SMILES string of the molecule is [C-]#[N+]C1=C(c2ccc(OC(F)(F)F)cc2)/C(=C(/C#N)[N+]#[C-])c2cc3c(cc21)C(C#N)=C(C1=CC=C(OC(F)(F)F)CC1)/C3=C(\C#N)[N+]#[C-]. The first-order valence-electron chi connectivity index (χ1n) is 13.3. The molecule has 3 aliphatic rings. The maximum atomic E-state index is 12.8. The summed E-state index contributed by atoms with van der Waals surface area (Å²) in [5.74, 6) is -0.938. The van der Waals surface area contributed by atoms with Crippen molar-refractivity contribution in [2.75, 3.05) is 0 Å². The Labute approximate surface area is 268 Å². The van der Waals surface area contributed by atoms with Crippen molar-refractivity contribution >= 4 is 28.0 Å². The molecule has 0 amide bonds. The number of allylic oxidation sites excluding steroid dienone is 11. The van der Waals surface area contributed by atoms with Crippen molar-refractivity contribution in [1.29, 1.82) is 15.8 Å². The van der Waals surface area contributed by atoms with Crippen LogP contribution in [0, 0.1) is 53.7 Å². The van der Waals surface area contributed by atoms with E-state index < -0.39 is 29.9 Å². The fourth-order valence-corrected chi connectivity index (χ4v) is 5.68. The lowest BCUT2D eigenvalue weighted by atomic mass is 9.88. The minimum atomic E-state index is -4.97. The molecule has 0 heterocycles. The van der Waals surface area contributed by atoms with Gasteiger partial charge in [-0.2, -0.15) is 5.26 Å². The normalized spacial score (nSPS) is 17.2. The summed E-state index contributed by atoms with van der Waals surface area (Å²) in [6, 6.07) is 12.9. The predicted molar refractivity (Wildman–Crippen MR) is 156 cm³/mol. The highest BCUT2D eigenvalue weighted by Gasteiger charge is 2.38. The Kier molecular flexibility index (Phi) is 8.15. The standard InChI is InChI=1S/C34H12F6N6O2/c1-44-26(15-42)30-22-13-23-24(12-21(22)25(14-41)28(30)17-4-8-19(9-5-17)47-33(35,36)37)32(46-3)29(31(23)27(16-43)45-2)18-6-10-20(11-7-18)48-34(38,39)40/h4,6-8,10-13H,5,9H2/b30-26+,31-27-. The molecule has 0 spiro atoms. The van der Waals surface area contributed by atoms with E-state index in [9.17, 15) is 42.1 Å². The molecule has 0 atom stereocenters. The summed E-state index contributed by atoms with van der Waals surface area (Å²) in [6.07, 6.45) is -7.79. The molecule has 0 aliphatic heterocycles. The molecule has 3 aliphatic carbocycles. The van der Waals surface area contributed by atoms with E-state index in [0.717, 1.165) is 18.2 Å². The number of rotatable bonds is 4. The molecule has 14 heteroatoms. The lowest BCUT2D eigenvalue weighted by Crippen LogP contribution is -2.17. The minimum Gasteiger partial charge on any atom is -0.410 e. The summed E-state index contributed by atoms with van der Waals surface area (Å²) in [5, 5.41) is 30.1. The van der Waals surface area contributed by atoms with Crippen molar-refractivity contribution < 1.29 is 35.8 Å². The summed E-state index contributed by atoms with van der Waals surface area (Å²) in [7, 11) is 0. The molecule has 2 aromatic carbocycles. The second kappa shape index (κ2) is 12.1. The van der Waals surface area contributed by atoms with Gasteiger partial charge in [-0.25, -0.2) is 25.1 Å². The Hall–Kier alpha value is -7.00. The van der Waals surface area contributed by atoms with E-state index >= 15 is 0 Å². The van der Waals surface area contributed by atoms with Crippen LogP contribution in [0.15, 0.2) is 76.8 Å². The van der Waals surface area contributed by atoms with E-state index in [4.69, 9.17) is 19.7 Å². The van der Waals surface area contributed by atoms with Crippen LogP contribution in [-0.2, 0) is 4.74 Å². The zero-order valence-electron chi connectivity index (χ0n) is 23.8. The van der Waals surface area contributed by atoms with Crippen LogP contribution in [-0.4, -0.2) is 12.7 Å². The van der Waals surface area contributed by atoms with Crippen LogP contribution in [0.1, 0.15) is 40.7 Å². The number of benzene rings is 2. The lowest BCUT2D eigenvalue weighted by molar-refractivity contribution is -0.306. The average molecular weight is 650 g/mol. The maximum Gasteiger partial charge on any atom is 0.573 e. The highest BCUT2D eigenvalue weighted by Crippen LogP contribution is 2.55. The van der Waals surface area contributed by atoms with Gasteiger partial charge in [0.25, 0.3) is 11.4 Å². The van der Waals surface area contributed by atoms with Crippen LogP contribution in [0.25, 0.3) is 42.5 Å². The highest BCUT2D eigenvalue weighted by atomic mass is 19.4. The van der Waals surface area contributed by atoms with Gasteiger partial charge in [-0.05, 0) is 80.8 Å². The number of hydrogen-bond acceptors (Lipinski definition) is 5. The molecular weight excluding hydrogens is 638 g/mol. The molecule has 0 unspecified atom stereocenters. The molecule has 0 saturated carbocycles. The highest BCUT2D eigenvalue weighted by molar-refractivity contribution is 6.25. The van der Waals surface area contributed by atoms with Crippen molar-refractivity contribution in [2.45, 2.75) is 25.6 Å². The van der Waals surface area contributed by atoms with Crippen LogP contribution < -0.4 is 4.74 Å². The van der Waals surface area contributed by atoms with Crippen molar-refractivity contribution in [2.24, 2.45) is 0 Å². The molecule has 5 rings (SSSR count). The number of ether oxygens (including phenoxy) is 2. The Morgan fingerprint density at radius 3 is 1.75 bits per heavy atom. The Morgan fingerprint density at radius 2 is 1.27 bits per heavy atom. The second-order valence-electron chi connectivity index (χ2n) is 9.98. The third kappa shape index (κ3) is 5.75. The van der Waals surface area contributed by atoms with E-state index in [0.29, 0.717) is 5.57 Å². The van der Waals surface area contributed by atoms with Crippen LogP contribution in [0.4, 0.5) is 26.3 Å². The molecule has 8 nitrogen and oxygen atoms in total. The number of nitrogens with zero attached hydrogens (tertiary/aromatic N) is 6. The molecule has 0 radical (unpaired) electrons. The third-order valence-electron chi connectivity index (χ3n) is 7.40. The van der Waals surface area contributed by atoms with E-state index in [1.165, 1.54) is 30.3 Å². The van der Waals surface area contributed by atoms with Gasteiger partial charge in [0.2, 0.25) is 5.70 Å². The van der Waals surface area contributed by atoms with Crippen molar-refractivity contribution in [3.8, 4) is 24.0 Å². The quantitative estimate of drug-likeness (QED) is 0.187. The maximum absolute atomic E-state index is 12.8. The van der Waals surface area contributed by atoms with E-state index in [-0.39, 0.29) is 80.0 Å². The van der Waals surface area contributed by atoms with Gasteiger partial charge in [0.1, 0.15) is 17.6 Å². The first-order chi connectivity index (χ1) is 22.8. The molecule has 0 aromatic heterocycles. The van der Waals surface area contributed by atoms with Crippen LogP contribution >= 0.6 is 0 Å². The Bertz CT molecular complexity index is 2230. The monoisotopic (exact) mass is 650 g/mol. The van der Waals surface area contributed by atoms with Crippen LogP contribution in [0.5, 0.6) is 5.75 Å². The van der Waals surface area contributed by atoms with Gasteiger partial charge in [-0.3, -0.25) is 0 Å². The molecule has 0 bridgehead atoms. The molecule has 48 heavy (non-hydrogen) atoms. The summed E-state index contributed by atoms with van der Waals surface area (Å²) in [5.41, 5.74) is 0.211. The molecule has 0 fully saturated rings. The van der Waals surface area contributed by atoms with Crippen molar-refractivity contribution in [3.05, 3.63) is 139 Å². The average Bonchev–Trinajstić information content (AvgIpc) is 3.52. The van der Waals surface area contributed by atoms with Crippen molar-refractivity contribution in [1.82, 2.24) is 0 Å². The largest absolute Gasteiger partial charge is 0.573 e. The van der Waals surface area contributed by atoms with Crippen molar-refractivity contribution in [3.63, 3.8) is 0 Å². The number of nitriles is 3. The Balaban J connectivity index is 1.78. The smallest absolute Gasteiger partial charge is 0.410 e. The predicted octanol–water partition coefficient (Wildman–Crippen LogP) is 9.13. The first kappa shape index (κ1) is 32.4. The zero-order chi connectivity index (χ0) is 35.0. The van der Waals surface area contributed by atoms with E-state index in [1.54, 1.807) is 12.1 Å². The molecule has 2 aromatic rings. The first-order valence-corrected chi connectivity index (χ1v) is 13.3. The number of fused-ring (bicyclic) bond motifs is 2. The summed E-state index contributed by atoms with van der Waals surface area (Å²) in [6.45, 7) is 23.3. The van der Waals surface area contributed by atoms with Crippen LogP contribution in [0.3, 0.4) is 0 Å². The van der Waals surface area contributed by atoms with Gasteiger partial charge in [-0.15, -0.1) is 26.3 Å². The van der Waals surface area contributed by atoms with Crippen LogP contribution in [0.2, 0.25) is 0 Å². The van der Waals surface area contributed by atoms with E-state index in [1.807, 2.05) is 6.07 Å². The summed E-state index contributed by atoms with van der Waals surface area (Å²) in [4.78, 5) is 10.2. The molecular formula is C34H12F6N6O2. The van der Waals surface area contributed by atoms with Gasteiger partial charge in [0.15, 0.2) is 0 Å². The van der Waals surface area contributed by atoms with E-state index in [2.05, 4.69) is 24.0 Å². The van der Waals surface area contributed by atoms with Gasteiger partial charge in [-0.1, -0.05) is 24.3 Å². The second-order valence-corrected chi connectivity index (χ2v) is 9.98. The number of hydrogen-bond donors (Lipinski definition) is 0. The third-order valence-corrected chi connectivity index (χ3v) is 7.40. The van der Waals surface area contributed by atoms with Gasteiger partial charge in [0.05, 0.1) is 37.4 Å². The molecule has 0 saturated heterocycles. The minimum absolute atomic E-state index is 0.00572. The fraction of sp³-hybridized carbons (Fsp3) is 0.118. The summed E-state index contributed by atoms with van der Waals surface area (Å²) < 4.78 is 84.6. The van der Waals surface area contributed by atoms with Gasteiger partial charge in [0, 0.05) is 12.0 Å². The lowest BCUT2D eigenvalue weighted by Gasteiger charge is -2.19.